The minimum Gasteiger partial charge on any atom is -0.311 e. The molecule has 1 unspecified atom stereocenters. The Labute approximate surface area is 160 Å². The number of rotatable bonds is 2. The molecule has 28 heavy (non-hydrogen) atoms. The highest BCUT2D eigenvalue weighted by Crippen LogP contribution is 2.40. The van der Waals surface area contributed by atoms with Crippen molar-refractivity contribution in [2.75, 3.05) is 5.32 Å². The molecule has 4 aromatic rings. The topological polar surface area (TPSA) is 64.7 Å². The summed E-state index contributed by atoms with van der Waals surface area (Å²) in [6, 6.07) is 14.2. The normalized spacial score (nSPS) is 16.2. The molecule has 1 aliphatic heterocycles. The number of aryl methyl sites for hydroxylation is 2. The van der Waals surface area contributed by atoms with Crippen LogP contribution in [0.4, 0.5) is 10.2 Å². The van der Waals surface area contributed by atoms with E-state index in [4.69, 9.17) is 4.98 Å². The minimum absolute atomic E-state index is 0.123. The van der Waals surface area contributed by atoms with Crippen LogP contribution in [0.2, 0.25) is 0 Å². The largest absolute Gasteiger partial charge is 0.311 e. The van der Waals surface area contributed by atoms with E-state index < -0.39 is 0 Å². The zero-order valence-corrected chi connectivity index (χ0v) is 15.5. The van der Waals surface area contributed by atoms with Gasteiger partial charge in [-0.3, -0.25) is 4.79 Å². The van der Waals surface area contributed by atoms with Crippen LogP contribution in [0.15, 0.2) is 48.5 Å². The number of anilines is 1. The zero-order valence-electron chi connectivity index (χ0n) is 15.5. The summed E-state index contributed by atoms with van der Waals surface area (Å²) < 4.78 is 17.4. The van der Waals surface area contributed by atoms with E-state index in [1.807, 2.05) is 48.9 Å². The Morgan fingerprint density at radius 3 is 2.79 bits per heavy atom. The molecule has 0 saturated heterocycles. The van der Waals surface area contributed by atoms with Crippen LogP contribution in [-0.4, -0.2) is 25.2 Å². The van der Waals surface area contributed by atoms with Crippen molar-refractivity contribution in [2.45, 2.75) is 19.3 Å². The van der Waals surface area contributed by atoms with Crippen molar-refractivity contribution >= 4 is 22.8 Å². The van der Waals surface area contributed by atoms with E-state index in [0.717, 1.165) is 27.9 Å². The van der Waals surface area contributed by atoms with Crippen molar-refractivity contribution in [3.63, 3.8) is 0 Å². The molecule has 0 spiro atoms. The maximum Gasteiger partial charge on any atom is 0.233 e. The van der Waals surface area contributed by atoms with Gasteiger partial charge in [-0.1, -0.05) is 24.3 Å². The molecule has 0 saturated carbocycles. The molecule has 140 valence electrons. The van der Waals surface area contributed by atoms with Gasteiger partial charge in [0.15, 0.2) is 0 Å². The number of fused-ring (bicyclic) bond motifs is 2. The lowest BCUT2D eigenvalue weighted by Crippen LogP contribution is -2.25. The van der Waals surface area contributed by atoms with E-state index in [-0.39, 0.29) is 24.1 Å². The lowest BCUT2D eigenvalue weighted by molar-refractivity contribution is -0.116. The summed E-state index contributed by atoms with van der Waals surface area (Å²) >= 11 is 0. The molecule has 6 nitrogen and oxygen atoms in total. The van der Waals surface area contributed by atoms with Crippen LogP contribution in [0.5, 0.6) is 0 Å². The van der Waals surface area contributed by atoms with Crippen molar-refractivity contribution < 1.29 is 9.18 Å². The first kappa shape index (κ1) is 16.7. The van der Waals surface area contributed by atoms with Gasteiger partial charge in [0.05, 0.1) is 16.7 Å². The monoisotopic (exact) mass is 375 g/mol. The number of halogens is 1. The van der Waals surface area contributed by atoms with E-state index in [1.165, 1.54) is 12.1 Å². The first-order valence-electron chi connectivity index (χ1n) is 9.09. The van der Waals surface area contributed by atoms with Gasteiger partial charge in [0, 0.05) is 24.9 Å². The van der Waals surface area contributed by atoms with E-state index in [9.17, 15) is 9.18 Å². The highest BCUT2D eigenvalue weighted by molar-refractivity contribution is 5.95. The molecule has 2 aromatic carbocycles. The lowest BCUT2D eigenvalue weighted by atomic mass is 9.86. The highest BCUT2D eigenvalue weighted by atomic mass is 19.1. The molecule has 1 amide bonds. The quantitative estimate of drug-likeness (QED) is 0.581. The van der Waals surface area contributed by atoms with Gasteiger partial charge in [-0.2, -0.15) is 9.78 Å². The van der Waals surface area contributed by atoms with Crippen molar-refractivity contribution in [3.8, 4) is 5.95 Å². The van der Waals surface area contributed by atoms with Crippen molar-refractivity contribution in [1.82, 2.24) is 19.3 Å². The molecule has 0 aliphatic carbocycles. The van der Waals surface area contributed by atoms with E-state index in [0.29, 0.717) is 11.8 Å². The number of benzene rings is 2. The molecule has 1 atom stereocenters. The van der Waals surface area contributed by atoms with Crippen molar-refractivity contribution in [2.24, 2.45) is 7.05 Å². The fourth-order valence-electron chi connectivity index (χ4n) is 4.02. The third kappa shape index (κ3) is 2.43. The van der Waals surface area contributed by atoms with Gasteiger partial charge in [0.25, 0.3) is 0 Å². The average Bonchev–Trinajstić information content (AvgIpc) is 3.18. The first-order chi connectivity index (χ1) is 13.5. The minimum atomic E-state index is -0.314. The summed E-state index contributed by atoms with van der Waals surface area (Å²) in [5.74, 6) is 0.530. The fourth-order valence-corrected chi connectivity index (χ4v) is 4.02. The summed E-state index contributed by atoms with van der Waals surface area (Å²) in [6.07, 6.45) is 0.255. The third-order valence-electron chi connectivity index (χ3n) is 5.31. The standard InChI is InChI=1S/C21H18FN5O/c1-12-19-15(13-6-5-7-14(22)10-13)11-18(28)24-20(19)27(25-12)21-23-16-8-3-4-9-17(16)26(21)2/h3-10,15H,11H2,1-2H3,(H,24,28). The maximum atomic E-state index is 13.8. The van der Waals surface area contributed by atoms with E-state index in [2.05, 4.69) is 10.4 Å². The summed E-state index contributed by atoms with van der Waals surface area (Å²) in [7, 11) is 1.92. The smallest absolute Gasteiger partial charge is 0.233 e. The SMILES string of the molecule is Cc1nn(-c2nc3ccccc3n2C)c2c1C(c1cccc(F)c1)CC(=O)N2. The van der Waals surface area contributed by atoms with Crippen molar-refractivity contribution in [1.29, 1.82) is 0 Å². The van der Waals surface area contributed by atoms with E-state index in [1.54, 1.807) is 10.7 Å². The van der Waals surface area contributed by atoms with Gasteiger partial charge in [0.2, 0.25) is 11.9 Å². The lowest BCUT2D eigenvalue weighted by Gasteiger charge is -2.24. The number of nitrogens with zero attached hydrogens (tertiary/aromatic N) is 4. The van der Waals surface area contributed by atoms with Gasteiger partial charge in [-0.15, -0.1) is 0 Å². The Morgan fingerprint density at radius 2 is 2.00 bits per heavy atom. The van der Waals surface area contributed by atoms with Crippen LogP contribution in [0.25, 0.3) is 17.0 Å². The van der Waals surface area contributed by atoms with Crippen LogP contribution >= 0.6 is 0 Å². The summed E-state index contributed by atoms with van der Waals surface area (Å²) in [5.41, 5.74) is 4.28. The summed E-state index contributed by atoms with van der Waals surface area (Å²) in [6.45, 7) is 1.90. The number of carbonyl (C=O) groups excluding carboxylic acids is 1. The molecule has 0 fully saturated rings. The maximum absolute atomic E-state index is 13.8. The van der Waals surface area contributed by atoms with Crippen LogP contribution in [-0.2, 0) is 11.8 Å². The number of nitrogens with one attached hydrogen (secondary N) is 1. The van der Waals surface area contributed by atoms with E-state index >= 15 is 0 Å². The Kier molecular flexibility index (Phi) is 3.58. The second-order valence-corrected chi connectivity index (χ2v) is 7.08. The molecule has 7 heteroatoms. The molecule has 2 aromatic heterocycles. The molecule has 3 heterocycles. The number of hydrogen-bond donors (Lipinski definition) is 1. The molecular weight excluding hydrogens is 357 g/mol. The predicted molar refractivity (Wildman–Crippen MR) is 104 cm³/mol. The third-order valence-corrected chi connectivity index (χ3v) is 5.31. The Morgan fingerprint density at radius 1 is 1.18 bits per heavy atom. The van der Waals surface area contributed by atoms with Crippen LogP contribution in [0.1, 0.15) is 29.2 Å². The Balaban J connectivity index is 1.72. The molecular formula is C21H18FN5O. The number of aromatic nitrogens is 4. The van der Waals surface area contributed by atoms with Gasteiger partial charge < -0.3 is 9.88 Å². The number of amides is 1. The van der Waals surface area contributed by atoms with Crippen molar-refractivity contribution in [3.05, 3.63) is 71.2 Å². The van der Waals surface area contributed by atoms with Crippen LogP contribution < -0.4 is 5.32 Å². The molecule has 1 aliphatic rings. The summed E-state index contributed by atoms with van der Waals surface area (Å²) in [5, 5.41) is 7.62. The number of hydrogen-bond acceptors (Lipinski definition) is 3. The van der Waals surface area contributed by atoms with Gasteiger partial charge in [-0.05, 0) is 36.8 Å². The molecule has 5 rings (SSSR count). The fraction of sp³-hybridized carbons (Fsp3) is 0.190. The van der Waals surface area contributed by atoms with Gasteiger partial charge >= 0.3 is 0 Å². The second kappa shape index (κ2) is 6.02. The average molecular weight is 375 g/mol. The second-order valence-electron chi connectivity index (χ2n) is 7.08. The number of carbonyl (C=O) groups is 1. The molecule has 0 bridgehead atoms. The zero-order chi connectivity index (χ0) is 19.4. The Hall–Kier alpha value is -3.48. The molecule has 1 N–H and O–H groups in total. The van der Waals surface area contributed by atoms with Crippen LogP contribution in [0, 0.1) is 12.7 Å². The van der Waals surface area contributed by atoms with Gasteiger partial charge in [0.1, 0.15) is 11.6 Å². The Bertz CT molecular complexity index is 1240. The van der Waals surface area contributed by atoms with Crippen LogP contribution in [0.3, 0.4) is 0 Å². The summed E-state index contributed by atoms with van der Waals surface area (Å²) in [4.78, 5) is 17.2. The van der Waals surface area contributed by atoms with Gasteiger partial charge in [-0.25, -0.2) is 9.37 Å². The number of imidazole rings is 1. The number of para-hydroxylation sites is 2. The first-order valence-corrected chi connectivity index (χ1v) is 9.09. The predicted octanol–water partition coefficient (Wildman–Crippen LogP) is 3.68. The highest BCUT2D eigenvalue weighted by Gasteiger charge is 2.33. The molecule has 0 radical (unpaired) electrons.